The number of carbonyl (C=O) groups is 1. The summed E-state index contributed by atoms with van der Waals surface area (Å²) in [7, 11) is 0. The zero-order valence-electron chi connectivity index (χ0n) is 14.0. The quantitative estimate of drug-likeness (QED) is 0.504. The van der Waals surface area contributed by atoms with Crippen LogP contribution < -0.4 is 10.1 Å². The predicted octanol–water partition coefficient (Wildman–Crippen LogP) is 3.82. The second-order valence-corrected chi connectivity index (χ2v) is 5.43. The van der Waals surface area contributed by atoms with Gasteiger partial charge in [0.2, 0.25) is 12.2 Å². The van der Waals surface area contributed by atoms with Crippen molar-refractivity contribution in [2.45, 2.75) is 12.5 Å². The molecule has 2 heterocycles. The number of anilines is 1. The first-order chi connectivity index (χ1) is 13.6. The van der Waals surface area contributed by atoms with E-state index in [1.807, 2.05) is 0 Å². The molecule has 3 aromatic rings. The lowest BCUT2D eigenvalue weighted by molar-refractivity contribution is -0.274. The van der Waals surface area contributed by atoms with E-state index in [1.165, 1.54) is 18.2 Å². The van der Waals surface area contributed by atoms with Gasteiger partial charge < -0.3 is 10.1 Å². The molecule has 13 heteroatoms. The lowest BCUT2D eigenvalue weighted by atomic mass is 10.1. The number of hydrogen-bond donors (Lipinski definition) is 1. The van der Waals surface area contributed by atoms with E-state index in [-0.39, 0.29) is 22.8 Å². The Hall–Kier alpha value is -3.64. The van der Waals surface area contributed by atoms with E-state index in [9.17, 15) is 31.1 Å². The highest BCUT2D eigenvalue weighted by atomic mass is 19.4. The number of ether oxygens (including phenoxy) is 1. The zero-order chi connectivity index (χ0) is 21.2. The molecule has 152 valence electrons. The molecule has 0 unspecified atom stereocenters. The maximum Gasteiger partial charge on any atom is 0.573 e. The Kier molecular flexibility index (Phi) is 5.14. The maximum atomic E-state index is 12.6. The van der Waals surface area contributed by atoms with E-state index in [1.54, 1.807) is 0 Å². The molecular formula is C16H9F6N5O2. The van der Waals surface area contributed by atoms with Crippen LogP contribution in [0.25, 0.3) is 16.9 Å². The summed E-state index contributed by atoms with van der Waals surface area (Å²) >= 11 is 0. The van der Waals surface area contributed by atoms with Crippen LogP contribution in [-0.4, -0.2) is 32.5 Å². The Morgan fingerprint density at radius 2 is 1.72 bits per heavy atom. The van der Waals surface area contributed by atoms with Gasteiger partial charge in [0.05, 0.1) is 18.1 Å². The largest absolute Gasteiger partial charge is 0.573 e. The van der Waals surface area contributed by atoms with Crippen LogP contribution in [0.5, 0.6) is 5.75 Å². The van der Waals surface area contributed by atoms with Crippen molar-refractivity contribution in [3.63, 3.8) is 0 Å². The fraction of sp³-hybridized carbons (Fsp3) is 0.125. The number of amides is 1. The smallest absolute Gasteiger partial charge is 0.406 e. The SMILES string of the molecule is O=CNc1cc(-c2cccc(OC(F)(F)F)c2)n(-c2cnc(C(F)(F)F)nc2)n1. The van der Waals surface area contributed by atoms with E-state index in [0.717, 1.165) is 29.2 Å². The van der Waals surface area contributed by atoms with Gasteiger partial charge in [0.1, 0.15) is 11.4 Å². The van der Waals surface area contributed by atoms with Crippen LogP contribution in [0.15, 0.2) is 42.7 Å². The van der Waals surface area contributed by atoms with Crippen LogP contribution >= 0.6 is 0 Å². The summed E-state index contributed by atoms with van der Waals surface area (Å²) in [5, 5.41) is 6.24. The first kappa shape index (κ1) is 20.1. The number of nitrogens with zero attached hydrogens (tertiary/aromatic N) is 4. The molecule has 0 radical (unpaired) electrons. The standard InChI is InChI=1S/C16H9F6N5O2/c17-15(18,19)14-23-6-10(7-24-14)27-12(5-13(26-27)25-8-28)9-2-1-3-11(4-9)29-16(20,21)22/h1-8H,(H,25,26,28). The Morgan fingerprint density at radius 3 is 2.31 bits per heavy atom. The van der Waals surface area contributed by atoms with Crippen LogP contribution in [0, 0.1) is 0 Å². The zero-order valence-corrected chi connectivity index (χ0v) is 14.0. The summed E-state index contributed by atoms with van der Waals surface area (Å²) in [4.78, 5) is 17.1. The summed E-state index contributed by atoms with van der Waals surface area (Å²) in [6.45, 7) is 0. The van der Waals surface area contributed by atoms with Gasteiger partial charge in [-0.15, -0.1) is 18.3 Å². The minimum Gasteiger partial charge on any atom is -0.406 e. The Bertz CT molecular complexity index is 1010. The van der Waals surface area contributed by atoms with E-state index in [4.69, 9.17) is 0 Å². The van der Waals surface area contributed by atoms with Crippen molar-refractivity contribution in [2.24, 2.45) is 0 Å². The number of aromatic nitrogens is 4. The van der Waals surface area contributed by atoms with Gasteiger partial charge in [-0.2, -0.15) is 13.2 Å². The number of rotatable bonds is 5. The van der Waals surface area contributed by atoms with Gasteiger partial charge in [0, 0.05) is 11.6 Å². The van der Waals surface area contributed by atoms with Gasteiger partial charge in [0.25, 0.3) is 0 Å². The summed E-state index contributed by atoms with van der Waals surface area (Å²) in [6.07, 6.45) is -7.67. The monoisotopic (exact) mass is 417 g/mol. The van der Waals surface area contributed by atoms with Crippen LogP contribution in [0.1, 0.15) is 5.82 Å². The first-order valence-electron chi connectivity index (χ1n) is 7.63. The second-order valence-electron chi connectivity index (χ2n) is 5.43. The molecule has 1 amide bonds. The molecule has 7 nitrogen and oxygen atoms in total. The van der Waals surface area contributed by atoms with E-state index in [0.29, 0.717) is 6.41 Å². The lowest BCUT2D eigenvalue weighted by Gasteiger charge is -2.11. The molecular weight excluding hydrogens is 408 g/mol. The van der Waals surface area contributed by atoms with Crippen molar-refractivity contribution in [3.05, 3.63) is 48.5 Å². The highest BCUT2D eigenvalue weighted by Gasteiger charge is 2.34. The van der Waals surface area contributed by atoms with Crippen LogP contribution in [0.4, 0.5) is 32.2 Å². The Balaban J connectivity index is 2.06. The minimum absolute atomic E-state index is 0.00274. The normalized spacial score (nSPS) is 11.9. The summed E-state index contributed by atoms with van der Waals surface area (Å²) < 4.78 is 80.3. The first-order valence-corrected chi connectivity index (χ1v) is 7.63. The van der Waals surface area contributed by atoms with Gasteiger partial charge in [-0.1, -0.05) is 12.1 Å². The molecule has 0 aliphatic rings. The molecule has 0 aliphatic carbocycles. The number of hydrogen-bond acceptors (Lipinski definition) is 5. The van der Waals surface area contributed by atoms with E-state index >= 15 is 0 Å². The molecule has 1 N–H and O–H groups in total. The third kappa shape index (κ3) is 4.80. The van der Waals surface area contributed by atoms with Gasteiger partial charge in [-0.25, -0.2) is 14.6 Å². The minimum atomic E-state index is -4.91. The van der Waals surface area contributed by atoms with Crippen LogP contribution in [0.3, 0.4) is 0 Å². The molecule has 0 aliphatic heterocycles. The molecule has 0 fully saturated rings. The van der Waals surface area contributed by atoms with Crippen molar-refractivity contribution < 1.29 is 35.9 Å². The average Bonchev–Trinajstić information content (AvgIpc) is 3.04. The van der Waals surface area contributed by atoms with Gasteiger partial charge >= 0.3 is 12.5 Å². The predicted molar refractivity (Wildman–Crippen MR) is 86.0 cm³/mol. The highest BCUT2D eigenvalue weighted by Crippen LogP contribution is 2.31. The van der Waals surface area contributed by atoms with Gasteiger partial charge in [-0.05, 0) is 12.1 Å². The van der Waals surface area contributed by atoms with E-state index in [2.05, 4.69) is 25.1 Å². The summed E-state index contributed by atoms with van der Waals surface area (Å²) in [6, 6.07) is 6.13. The van der Waals surface area contributed by atoms with Crippen molar-refractivity contribution in [3.8, 4) is 22.7 Å². The number of nitrogens with one attached hydrogen (secondary N) is 1. The second kappa shape index (κ2) is 7.41. The summed E-state index contributed by atoms with van der Waals surface area (Å²) in [5.41, 5.74) is 0.303. The molecule has 1 aromatic carbocycles. The Morgan fingerprint density at radius 1 is 1.03 bits per heavy atom. The van der Waals surface area contributed by atoms with Gasteiger partial charge in [0.15, 0.2) is 5.82 Å². The molecule has 29 heavy (non-hydrogen) atoms. The van der Waals surface area contributed by atoms with Gasteiger partial charge in [-0.3, -0.25) is 4.79 Å². The fourth-order valence-corrected chi connectivity index (χ4v) is 2.34. The number of halogens is 6. The van der Waals surface area contributed by atoms with E-state index < -0.39 is 24.1 Å². The number of alkyl halides is 6. The van der Waals surface area contributed by atoms with Crippen molar-refractivity contribution in [1.82, 2.24) is 19.7 Å². The van der Waals surface area contributed by atoms with Crippen LogP contribution in [0.2, 0.25) is 0 Å². The third-order valence-electron chi connectivity index (χ3n) is 3.42. The molecule has 0 saturated carbocycles. The maximum absolute atomic E-state index is 12.6. The summed E-state index contributed by atoms with van der Waals surface area (Å²) in [5.74, 6) is -1.89. The fourth-order valence-electron chi connectivity index (χ4n) is 2.34. The molecule has 0 bridgehead atoms. The lowest BCUT2D eigenvalue weighted by Crippen LogP contribution is -2.17. The highest BCUT2D eigenvalue weighted by molar-refractivity contribution is 5.74. The number of carbonyl (C=O) groups excluding carboxylic acids is 1. The molecule has 3 rings (SSSR count). The van der Waals surface area contributed by atoms with Crippen LogP contribution in [-0.2, 0) is 11.0 Å². The Labute approximate surface area is 158 Å². The van der Waals surface area contributed by atoms with Crippen molar-refractivity contribution >= 4 is 12.2 Å². The third-order valence-corrected chi connectivity index (χ3v) is 3.42. The molecule has 0 spiro atoms. The molecule has 2 aromatic heterocycles. The van der Waals surface area contributed by atoms with Crippen molar-refractivity contribution in [1.29, 1.82) is 0 Å². The van der Waals surface area contributed by atoms with Crippen molar-refractivity contribution in [2.75, 3.05) is 5.32 Å². The topological polar surface area (TPSA) is 81.9 Å². The molecule has 0 saturated heterocycles. The molecule has 0 atom stereocenters. The average molecular weight is 417 g/mol. The number of benzene rings is 1.